The molecular formula is C11H10ClF3O2. The fourth-order valence-electron chi connectivity index (χ4n) is 1.28. The molecule has 0 aliphatic rings. The van der Waals surface area contributed by atoms with Crippen LogP contribution in [0.2, 0.25) is 0 Å². The van der Waals surface area contributed by atoms with Crippen molar-refractivity contribution in [2.45, 2.75) is 25.6 Å². The molecule has 1 aromatic carbocycles. The Morgan fingerprint density at radius 2 is 2.00 bits per heavy atom. The van der Waals surface area contributed by atoms with Gasteiger partial charge < -0.3 is 4.74 Å². The number of rotatable bonds is 3. The fraction of sp³-hybridized carbons (Fsp3) is 0.364. The molecule has 0 amide bonds. The van der Waals surface area contributed by atoms with Crippen LogP contribution in [0.4, 0.5) is 13.2 Å². The Hall–Kier alpha value is -1.23. The molecule has 1 rings (SSSR count). The van der Waals surface area contributed by atoms with E-state index < -0.39 is 23.3 Å². The van der Waals surface area contributed by atoms with E-state index in [1.165, 1.54) is 19.1 Å². The van der Waals surface area contributed by atoms with Gasteiger partial charge in [0.2, 0.25) is 0 Å². The molecular weight excluding hydrogens is 257 g/mol. The Balaban J connectivity index is 3.17. The number of aryl methyl sites for hydroxylation is 1. The highest BCUT2D eigenvalue weighted by Crippen LogP contribution is 2.34. The second-order valence-corrected chi connectivity index (χ2v) is 4.00. The average molecular weight is 267 g/mol. The predicted molar refractivity (Wildman–Crippen MR) is 57.1 cm³/mol. The topological polar surface area (TPSA) is 26.3 Å². The van der Waals surface area contributed by atoms with Crippen LogP contribution in [0.1, 0.15) is 23.4 Å². The minimum atomic E-state index is -4.81. The fourth-order valence-corrected chi connectivity index (χ4v) is 1.46. The molecule has 0 aromatic heterocycles. The van der Waals surface area contributed by atoms with E-state index in [0.717, 1.165) is 0 Å². The third kappa shape index (κ3) is 3.93. The van der Waals surface area contributed by atoms with Gasteiger partial charge in [-0.15, -0.1) is 24.8 Å². The number of hydrogen-bond donors (Lipinski definition) is 0. The molecule has 0 aliphatic carbocycles. The van der Waals surface area contributed by atoms with Gasteiger partial charge in [-0.25, -0.2) is 0 Å². The lowest BCUT2D eigenvalue weighted by Gasteiger charge is -2.15. The summed E-state index contributed by atoms with van der Waals surface area (Å²) < 4.78 is 40.4. The van der Waals surface area contributed by atoms with E-state index in [2.05, 4.69) is 4.74 Å². The van der Waals surface area contributed by atoms with E-state index in [4.69, 9.17) is 11.6 Å². The Morgan fingerprint density at radius 1 is 1.41 bits per heavy atom. The summed E-state index contributed by atoms with van der Waals surface area (Å²) in [6.07, 6.45) is -4.81. The summed E-state index contributed by atoms with van der Waals surface area (Å²) in [5, 5.41) is -1.15. The molecule has 1 unspecified atom stereocenters. The average Bonchev–Trinajstić information content (AvgIpc) is 2.14. The van der Waals surface area contributed by atoms with Crippen LogP contribution in [0.25, 0.3) is 0 Å². The Labute approximate surface area is 101 Å². The molecule has 0 bridgehead atoms. The van der Waals surface area contributed by atoms with Crippen molar-refractivity contribution in [3.05, 3.63) is 29.3 Å². The zero-order chi connectivity index (χ0) is 13.2. The van der Waals surface area contributed by atoms with Crippen LogP contribution in [-0.4, -0.2) is 12.1 Å². The van der Waals surface area contributed by atoms with E-state index in [-0.39, 0.29) is 5.56 Å². The van der Waals surface area contributed by atoms with Crippen molar-refractivity contribution in [3.8, 4) is 5.75 Å². The standard InChI is InChI=1S/C11H10ClF3O2/c1-6-3-4-8(10(12)7(2)16)9(5-6)17-11(13,14)15/h3-5,10H,1-2H3. The van der Waals surface area contributed by atoms with Gasteiger partial charge in [0.25, 0.3) is 0 Å². The molecule has 0 radical (unpaired) electrons. The summed E-state index contributed by atoms with van der Waals surface area (Å²) in [7, 11) is 0. The van der Waals surface area contributed by atoms with E-state index in [1.807, 2.05) is 0 Å². The summed E-state index contributed by atoms with van der Waals surface area (Å²) in [5.41, 5.74) is 0.600. The molecule has 17 heavy (non-hydrogen) atoms. The number of alkyl halides is 4. The summed E-state index contributed by atoms with van der Waals surface area (Å²) in [4.78, 5) is 11.1. The molecule has 1 aromatic rings. The van der Waals surface area contributed by atoms with Gasteiger partial charge in [-0.1, -0.05) is 12.1 Å². The molecule has 94 valence electrons. The van der Waals surface area contributed by atoms with Gasteiger partial charge in [0.1, 0.15) is 11.1 Å². The summed E-state index contributed by atoms with van der Waals surface area (Å²) in [6, 6.07) is 4.12. The lowest BCUT2D eigenvalue weighted by molar-refractivity contribution is -0.274. The van der Waals surface area contributed by atoms with E-state index in [9.17, 15) is 18.0 Å². The van der Waals surface area contributed by atoms with Gasteiger partial charge in [0, 0.05) is 5.56 Å². The second-order valence-electron chi connectivity index (χ2n) is 3.56. The largest absolute Gasteiger partial charge is 0.573 e. The van der Waals surface area contributed by atoms with Crippen LogP contribution in [0.3, 0.4) is 0 Å². The normalized spacial score (nSPS) is 13.3. The third-order valence-electron chi connectivity index (χ3n) is 2.02. The molecule has 0 saturated heterocycles. The zero-order valence-electron chi connectivity index (χ0n) is 9.14. The van der Waals surface area contributed by atoms with Crippen molar-refractivity contribution in [2.24, 2.45) is 0 Å². The third-order valence-corrected chi connectivity index (χ3v) is 2.57. The van der Waals surface area contributed by atoms with Gasteiger partial charge in [-0.2, -0.15) is 0 Å². The molecule has 1 atom stereocenters. The number of carbonyl (C=O) groups excluding carboxylic acids is 1. The van der Waals surface area contributed by atoms with Gasteiger partial charge >= 0.3 is 6.36 Å². The van der Waals surface area contributed by atoms with Crippen LogP contribution in [0.5, 0.6) is 5.75 Å². The van der Waals surface area contributed by atoms with Crippen LogP contribution >= 0.6 is 11.6 Å². The molecule has 2 nitrogen and oxygen atoms in total. The highest BCUT2D eigenvalue weighted by Gasteiger charge is 2.33. The maximum atomic E-state index is 12.2. The van der Waals surface area contributed by atoms with Gasteiger partial charge in [0.15, 0.2) is 5.78 Å². The Morgan fingerprint density at radius 3 is 2.47 bits per heavy atom. The van der Waals surface area contributed by atoms with E-state index >= 15 is 0 Å². The molecule has 6 heteroatoms. The van der Waals surface area contributed by atoms with Crippen LogP contribution in [0.15, 0.2) is 18.2 Å². The van der Waals surface area contributed by atoms with Gasteiger partial charge in [-0.3, -0.25) is 4.79 Å². The van der Waals surface area contributed by atoms with Crippen molar-refractivity contribution < 1.29 is 22.7 Å². The quantitative estimate of drug-likeness (QED) is 0.779. The number of ether oxygens (including phenoxy) is 1. The number of Topliss-reactive ketones (excluding diaryl/α,β-unsaturated/α-hetero) is 1. The van der Waals surface area contributed by atoms with Crippen molar-refractivity contribution in [1.29, 1.82) is 0 Å². The molecule has 0 spiro atoms. The van der Waals surface area contributed by atoms with E-state index in [0.29, 0.717) is 5.56 Å². The first-order valence-corrected chi connectivity index (χ1v) is 5.15. The Bertz CT molecular complexity index is 429. The lowest BCUT2D eigenvalue weighted by atomic mass is 10.1. The predicted octanol–water partition coefficient (Wildman–Crippen LogP) is 3.76. The second kappa shape index (κ2) is 4.96. The maximum Gasteiger partial charge on any atom is 0.573 e. The van der Waals surface area contributed by atoms with Crippen molar-refractivity contribution in [1.82, 2.24) is 0 Å². The number of carbonyl (C=O) groups is 1. The SMILES string of the molecule is CC(=O)C(Cl)c1ccc(C)cc1OC(F)(F)F. The molecule has 0 saturated carbocycles. The maximum absolute atomic E-state index is 12.2. The van der Waals surface area contributed by atoms with E-state index in [1.54, 1.807) is 13.0 Å². The molecule has 0 N–H and O–H groups in total. The van der Waals surface area contributed by atoms with Crippen molar-refractivity contribution in [2.75, 3.05) is 0 Å². The summed E-state index contributed by atoms with van der Waals surface area (Å²) >= 11 is 5.73. The molecule has 0 aliphatic heterocycles. The smallest absolute Gasteiger partial charge is 0.405 e. The zero-order valence-corrected chi connectivity index (χ0v) is 9.89. The molecule has 0 heterocycles. The number of ketones is 1. The monoisotopic (exact) mass is 266 g/mol. The summed E-state index contributed by atoms with van der Waals surface area (Å²) in [5.74, 6) is -0.879. The van der Waals surface area contributed by atoms with Crippen molar-refractivity contribution >= 4 is 17.4 Å². The molecule has 0 fully saturated rings. The summed E-state index contributed by atoms with van der Waals surface area (Å²) in [6.45, 7) is 2.82. The number of halogens is 4. The first kappa shape index (κ1) is 13.8. The Kier molecular flexibility index (Phi) is 4.03. The first-order valence-electron chi connectivity index (χ1n) is 4.71. The number of hydrogen-bond acceptors (Lipinski definition) is 2. The lowest BCUT2D eigenvalue weighted by Crippen LogP contribution is -2.19. The van der Waals surface area contributed by atoms with Crippen LogP contribution in [0, 0.1) is 6.92 Å². The first-order chi connectivity index (χ1) is 7.70. The highest BCUT2D eigenvalue weighted by atomic mass is 35.5. The number of benzene rings is 1. The minimum absolute atomic E-state index is 0.0158. The highest BCUT2D eigenvalue weighted by molar-refractivity contribution is 6.31. The van der Waals surface area contributed by atoms with Crippen molar-refractivity contribution in [3.63, 3.8) is 0 Å². The van der Waals surface area contributed by atoms with Crippen LogP contribution in [-0.2, 0) is 4.79 Å². The minimum Gasteiger partial charge on any atom is -0.405 e. The van der Waals surface area contributed by atoms with Gasteiger partial charge in [-0.05, 0) is 25.5 Å². The van der Waals surface area contributed by atoms with Crippen LogP contribution < -0.4 is 4.74 Å². The van der Waals surface area contributed by atoms with Gasteiger partial charge in [0.05, 0.1) is 0 Å².